The lowest BCUT2D eigenvalue weighted by Crippen LogP contribution is -2.33. The maximum Gasteiger partial charge on any atom is 0.416 e. The van der Waals surface area contributed by atoms with Crippen molar-refractivity contribution in [3.63, 3.8) is 0 Å². The molecule has 2 heterocycles. The molecule has 0 amide bonds. The quantitative estimate of drug-likeness (QED) is 0.671. The molecule has 2 fully saturated rings. The van der Waals surface area contributed by atoms with Crippen LogP contribution >= 0.6 is 0 Å². The van der Waals surface area contributed by atoms with Gasteiger partial charge >= 0.3 is 6.18 Å². The van der Waals surface area contributed by atoms with E-state index in [0.717, 1.165) is 34.4 Å². The Morgan fingerprint density at radius 3 is 2.35 bits per heavy atom. The molecule has 6 heteroatoms. The van der Waals surface area contributed by atoms with E-state index in [1.165, 1.54) is 6.07 Å². The summed E-state index contributed by atoms with van der Waals surface area (Å²) in [5.74, 6) is -1.37. The molecule has 2 saturated heterocycles. The minimum atomic E-state index is -4.42. The molecular weight excluding hydrogens is 405 g/mol. The van der Waals surface area contributed by atoms with Gasteiger partial charge in [0.15, 0.2) is 5.78 Å². The van der Waals surface area contributed by atoms with Crippen LogP contribution in [0.3, 0.4) is 0 Å². The minimum absolute atomic E-state index is 0.0224. The SMILES string of the molecule is Cc1cc(C)c(C2=C(O)[C@@H]3C4OC(CC4c4cccc(C(F)(F)F)c4)[C@@H]3C2=O)c(C)c1. The number of ketones is 1. The van der Waals surface area contributed by atoms with Crippen LogP contribution in [-0.4, -0.2) is 23.1 Å². The summed E-state index contributed by atoms with van der Waals surface area (Å²) in [5, 5.41) is 11.2. The molecular formula is C25H23F3O3. The number of allylic oxidation sites excluding steroid dienone is 1. The Hall–Kier alpha value is -2.60. The summed E-state index contributed by atoms with van der Waals surface area (Å²) < 4.78 is 45.6. The fraction of sp³-hybridized carbons (Fsp3) is 0.400. The zero-order valence-corrected chi connectivity index (χ0v) is 17.5. The minimum Gasteiger partial charge on any atom is -0.511 e. The van der Waals surface area contributed by atoms with Crippen molar-refractivity contribution in [2.24, 2.45) is 11.8 Å². The van der Waals surface area contributed by atoms with Gasteiger partial charge in [-0.15, -0.1) is 0 Å². The van der Waals surface area contributed by atoms with Crippen molar-refractivity contribution < 1.29 is 27.8 Å². The molecule has 5 atom stereocenters. The van der Waals surface area contributed by atoms with Gasteiger partial charge in [-0.25, -0.2) is 0 Å². The summed E-state index contributed by atoms with van der Waals surface area (Å²) in [5.41, 5.74) is 3.89. The van der Waals surface area contributed by atoms with Gasteiger partial charge in [0, 0.05) is 5.92 Å². The van der Waals surface area contributed by atoms with Crippen molar-refractivity contribution in [3.8, 4) is 0 Å². The molecule has 3 unspecified atom stereocenters. The normalized spacial score (nSPS) is 29.7. The zero-order valence-electron chi connectivity index (χ0n) is 17.5. The van der Waals surface area contributed by atoms with Crippen LogP contribution in [0.4, 0.5) is 13.2 Å². The fourth-order valence-corrected chi connectivity index (χ4v) is 5.95. The Bertz CT molecular complexity index is 1110. The number of fused-ring (bicyclic) bond motifs is 5. The lowest BCUT2D eigenvalue weighted by atomic mass is 9.72. The van der Waals surface area contributed by atoms with E-state index in [1.54, 1.807) is 6.07 Å². The largest absolute Gasteiger partial charge is 0.511 e. The van der Waals surface area contributed by atoms with Gasteiger partial charge in [-0.2, -0.15) is 13.2 Å². The van der Waals surface area contributed by atoms with Gasteiger partial charge < -0.3 is 9.84 Å². The number of rotatable bonds is 2. The molecule has 2 bridgehead atoms. The van der Waals surface area contributed by atoms with Crippen LogP contribution in [-0.2, 0) is 15.7 Å². The lowest BCUT2D eigenvalue weighted by molar-refractivity contribution is -0.137. The number of carbonyl (C=O) groups is 1. The Labute approximate surface area is 178 Å². The van der Waals surface area contributed by atoms with E-state index in [9.17, 15) is 23.1 Å². The van der Waals surface area contributed by atoms with Crippen molar-refractivity contribution in [3.05, 3.63) is 75.5 Å². The topological polar surface area (TPSA) is 46.5 Å². The number of aliphatic hydroxyl groups excluding tert-OH is 1. The van der Waals surface area contributed by atoms with Crippen molar-refractivity contribution >= 4 is 11.4 Å². The first kappa shape index (κ1) is 20.3. The molecule has 162 valence electrons. The predicted molar refractivity (Wildman–Crippen MR) is 110 cm³/mol. The standard InChI is InChI=1S/C25H23F3O3/c1-11-7-12(2)18(13(3)8-11)20-22(29)19-17-10-16(24(31-17)21(19)23(20)30)14-5-4-6-15(9-14)25(26,27)28/h4-9,16-17,19,21,24,30H,10H2,1-3H3/t16?,17?,19-,21+,24?/m0/s1. The van der Waals surface area contributed by atoms with E-state index >= 15 is 0 Å². The van der Waals surface area contributed by atoms with Crippen LogP contribution in [0.1, 0.15) is 45.7 Å². The molecule has 1 aliphatic carbocycles. The molecule has 2 aliphatic heterocycles. The monoisotopic (exact) mass is 428 g/mol. The molecule has 5 rings (SSSR count). The molecule has 0 radical (unpaired) electrons. The Morgan fingerprint density at radius 1 is 1.03 bits per heavy atom. The Morgan fingerprint density at radius 2 is 1.71 bits per heavy atom. The van der Waals surface area contributed by atoms with Crippen LogP contribution in [0.2, 0.25) is 0 Å². The number of hydrogen-bond acceptors (Lipinski definition) is 3. The van der Waals surface area contributed by atoms with Gasteiger partial charge in [0.1, 0.15) is 5.76 Å². The second-order valence-electron chi connectivity index (χ2n) is 9.05. The fourth-order valence-electron chi connectivity index (χ4n) is 5.95. The second kappa shape index (κ2) is 6.70. The number of carbonyl (C=O) groups excluding carboxylic acids is 1. The van der Waals surface area contributed by atoms with E-state index in [0.29, 0.717) is 17.6 Å². The summed E-state index contributed by atoms with van der Waals surface area (Å²) in [6.45, 7) is 5.83. The number of ether oxygens (including phenoxy) is 1. The number of Topliss-reactive ketones (excluding diaryl/α,β-unsaturated/α-hetero) is 1. The third-order valence-corrected chi connectivity index (χ3v) is 7.05. The highest BCUT2D eigenvalue weighted by molar-refractivity contribution is 6.26. The highest BCUT2D eigenvalue weighted by Crippen LogP contribution is 2.58. The van der Waals surface area contributed by atoms with E-state index in [-0.39, 0.29) is 17.5 Å². The Balaban J connectivity index is 1.55. The number of alkyl halides is 3. The summed E-state index contributed by atoms with van der Waals surface area (Å²) in [4.78, 5) is 13.4. The molecule has 2 aromatic carbocycles. The summed E-state index contributed by atoms with van der Waals surface area (Å²) in [6, 6.07) is 9.27. The zero-order chi connectivity index (χ0) is 22.2. The summed E-state index contributed by atoms with van der Waals surface area (Å²) in [7, 11) is 0. The molecule has 2 aromatic rings. The van der Waals surface area contributed by atoms with Gasteiger partial charge in [-0.1, -0.05) is 35.9 Å². The first-order valence-corrected chi connectivity index (χ1v) is 10.5. The maximum atomic E-state index is 13.4. The average Bonchev–Trinajstić information content (AvgIpc) is 3.34. The van der Waals surface area contributed by atoms with Gasteiger partial charge in [0.05, 0.1) is 35.2 Å². The molecule has 0 aromatic heterocycles. The van der Waals surface area contributed by atoms with Crippen LogP contribution in [0.25, 0.3) is 5.57 Å². The van der Waals surface area contributed by atoms with Gasteiger partial charge in [0.2, 0.25) is 0 Å². The van der Waals surface area contributed by atoms with Crippen LogP contribution in [0.15, 0.2) is 42.2 Å². The molecule has 1 N–H and O–H groups in total. The molecule has 0 saturated carbocycles. The number of aliphatic hydroxyl groups is 1. The van der Waals surface area contributed by atoms with E-state index in [1.807, 2.05) is 32.9 Å². The number of benzene rings is 2. The first-order chi connectivity index (χ1) is 14.6. The second-order valence-corrected chi connectivity index (χ2v) is 9.05. The average molecular weight is 428 g/mol. The number of hydrogen-bond donors (Lipinski definition) is 1. The third-order valence-electron chi connectivity index (χ3n) is 7.05. The highest BCUT2D eigenvalue weighted by atomic mass is 19.4. The number of aryl methyl sites for hydroxylation is 3. The van der Waals surface area contributed by atoms with Crippen molar-refractivity contribution in [2.75, 3.05) is 0 Å². The summed E-state index contributed by atoms with van der Waals surface area (Å²) in [6.07, 6.45) is -4.85. The molecule has 3 aliphatic rings. The van der Waals surface area contributed by atoms with Crippen LogP contribution < -0.4 is 0 Å². The summed E-state index contributed by atoms with van der Waals surface area (Å²) >= 11 is 0. The number of halogens is 3. The van der Waals surface area contributed by atoms with Gasteiger partial charge in [0.25, 0.3) is 0 Å². The van der Waals surface area contributed by atoms with E-state index in [2.05, 4.69) is 0 Å². The van der Waals surface area contributed by atoms with E-state index in [4.69, 9.17) is 4.74 Å². The first-order valence-electron chi connectivity index (χ1n) is 10.5. The van der Waals surface area contributed by atoms with Crippen molar-refractivity contribution in [2.45, 2.75) is 51.5 Å². The smallest absolute Gasteiger partial charge is 0.416 e. The highest BCUT2D eigenvalue weighted by Gasteiger charge is 2.62. The van der Waals surface area contributed by atoms with Crippen molar-refractivity contribution in [1.82, 2.24) is 0 Å². The third kappa shape index (κ3) is 2.95. The molecule has 31 heavy (non-hydrogen) atoms. The Kier molecular flexibility index (Phi) is 4.39. The van der Waals surface area contributed by atoms with E-state index < -0.39 is 35.8 Å². The van der Waals surface area contributed by atoms with Gasteiger partial charge in [-0.3, -0.25) is 4.79 Å². The maximum absolute atomic E-state index is 13.4. The lowest BCUT2D eigenvalue weighted by Gasteiger charge is -2.28. The van der Waals surface area contributed by atoms with Crippen molar-refractivity contribution in [1.29, 1.82) is 0 Å². The predicted octanol–water partition coefficient (Wildman–Crippen LogP) is 5.67. The van der Waals surface area contributed by atoms with Crippen LogP contribution in [0.5, 0.6) is 0 Å². The molecule has 3 nitrogen and oxygen atoms in total. The van der Waals surface area contributed by atoms with Crippen LogP contribution in [0, 0.1) is 32.6 Å². The molecule has 0 spiro atoms. The van der Waals surface area contributed by atoms with Gasteiger partial charge in [-0.05, 0) is 55.5 Å².